The lowest BCUT2D eigenvalue weighted by atomic mass is 9.97. The number of carbonyl (C=O) groups excluding carboxylic acids is 1. The highest BCUT2D eigenvalue weighted by molar-refractivity contribution is 5.92. The van der Waals surface area contributed by atoms with Gasteiger partial charge in [-0.2, -0.15) is 0 Å². The van der Waals surface area contributed by atoms with E-state index in [-0.39, 0.29) is 12.0 Å². The highest BCUT2D eigenvalue weighted by atomic mass is 16.5. The van der Waals surface area contributed by atoms with Gasteiger partial charge in [-0.25, -0.2) is 4.98 Å². The number of oxazole rings is 1. The topological polar surface area (TPSA) is 55.6 Å². The summed E-state index contributed by atoms with van der Waals surface area (Å²) in [5, 5.41) is 0. The van der Waals surface area contributed by atoms with Crippen molar-refractivity contribution in [1.29, 1.82) is 0 Å². The number of rotatable bonds is 3. The Morgan fingerprint density at radius 2 is 2.14 bits per heavy atom. The van der Waals surface area contributed by atoms with Crippen LogP contribution in [0.3, 0.4) is 0 Å². The van der Waals surface area contributed by atoms with Gasteiger partial charge in [-0.1, -0.05) is 24.3 Å². The van der Waals surface area contributed by atoms with Crippen LogP contribution in [0, 0.1) is 13.8 Å². The monoisotopic (exact) mass is 300 g/mol. The molecule has 3 rings (SSSR count). The molecule has 1 aliphatic rings. The molecule has 0 saturated heterocycles. The van der Waals surface area contributed by atoms with Crippen molar-refractivity contribution < 1.29 is 13.9 Å². The van der Waals surface area contributed by atoms with E-state index in [0.29, 0.717) is 30.5 Å². The first kappa shape index (κ1) is 14.8. The Labute approximate surface area is 129 Å². The molecule has 5 nitrogen and oxygen atoms in total. The molecule has 0 spiro atoms. The average Bonchev–Trinajstić information content (AvgIpc) is 2.85. The second kappa shape index (κ2) is 5.93. The Hall–Kier alpha value is -2.14. The third-order valence-corrected chi connectivity index (χ3v) is 3.98. The van der Waals surface area contributed by atoms with Gasteiger partial charge in [-0.05, 0) is 24.5 Å². The van der Waals surface area contributed by atoms with Gasteiger partial charge in [0.2, 0.25) is 5.76 Å². The van der Waals surface area contributed by atoms with Crippen molar-refractivity contribution in [3.05, 3.63) is 52.7 Å². The van der Waals surface area contributed by atoms with Gasteiger partial charge in [-0.15, -0.1) is 0 Å². The van der Waals surface area contributed by atoms with Gasteiger partial charge in [0.25, 0.3) is 5.91 Å². The maximum Gasteiger partial charge on any atom is 0.291 e. The lowest BCUT2D eigenvalue weighted by Gasteiger charge is -2.29. The highest BCUT2D eigenvalue weighted by Gasteiger charge is 2.26. The summed E-state index contributed by atoms with van der Waals surface area (Å²) in [7, 11) is 1.76. The Morgan fingerprint density at radius 1 is 1.36 bits per heavy atom. The Kier molecular flexibility index (Phi) is 3.98. The molecule has 2 aromatic rings. The van der Waals surface area contributed by atoms with E-state index in [1.165, 1.54) is 11.1 Å². The summed E-state index contributed by atoms with van der Waals surface area (Å²) in [5.41, 5.74) is 3.09. The zero-order valence-electron chi connectivity index (χ0n) is 13.1. The van der Waals surface area contributed by atoms with Crippen LogP contribution in [0.15, 0.2) is 28.7 Å². The van der Waals surface area contributed by atoms with Crippen LogP contribution in [-0.2, 0) is 11.2 Å². The smallest absolute Gasteiger partial charge is 0.291 e. The molecular weight excluding hydrogens is 280 g/mol. The number of fused-ring (bicyclic) bond motifs is 1. The minimum absolute atomic E-state index is 0.0942. The first-order chi connectivity index (χ1) is 10.6. The normalized spacial score (nSPS) is 17.1. The van der Waals surface area contributed by atoms with Gasteiger partial charge in [0, 0.05) is 14.0 Å². The van der Waals surface area contributed by atoms with Crippen LogP contribution in [0.2, 0.25) is 0 Å². The van der Waals surface area contributed by atoms with Crippen molar-refractivity contribution >= 4 is 5.91 Å². The summed E-state index contributed by atoms with van der Waals surface area (Å²) in [6, 6.07) is 8.24. The number of hydrogen-bond donors (Lipinski definition) is 0. The maximum atomic E-state index is 12.5. The lowest BCUT2D eigenvalue weighted by Crippen LogP contribution is -2.34. The summed E-state index contributed by atoms with van der Waals surface area (Å²) in [4.78, 5) is 18.3. The largest absolute Gasteiger partial charge is 0.436 e. The first-order valence-electron chi connectivity index (χ1n) is 7.45. The molecule has 1 aromatic heterocycles. The summed E-state index contributed by atoms with van der Waals surface area (Å²) >= 11 is 0. The highest BCUT2D eigenvalue weighted by Crippen LogP contribution is 2.27. The molecule has 1 amide bonds. The summed E-state index contributed by atoms with van der Waals surface area (Å²) in [5.74, 6) is 0.655. The number of carbonyl (C=O) groups is 1. The molecule has 0 saturated carbocycles. The van der Waals surface area contributed by atoms with Gasteiger partial charge in [0.1, 0.15) is 6.10 Å². The molecule has 0 N–H and O–H groups in total. The molecule has 0 unspecified atom stereocenters. The van der Waals surface area contributed by atoms with Crippen molar-refractivity contribution in [3.8, 4) is 0 Å². The Balaban J connectivity index is 1.76. The minimum Gasteiger partial charge on any atom is -0.436 e. The van der Waals surface area contributed by atoms with E-state index >= 15 is 0 Å². The quantitative estimate of drug-likeness (QED) is 0.874. The van der Waals surface area contributed by atoms with Crippen molar-refractivity contribution in [2.45, 2.75) is 26.4 Å². The molecule has 1 atom stereocenters. The molecule has 0 fully saturated rings. The van der Waals surface area contributed by atoms with Crippen LogP contribution < -0.4 is 0 Å². The Morgan fingerprint density at radius 3 is 2.86 bits per heavy atom. The SMILES string of the molecule is Cc1nc(C)c(C(=O)N(C)C[C@H]2OCCc3ccccc32)o1. The van der Waals surface area contributed by atoms with Crippen LogP contribution >= 0.6 is 0 Å². The van der Waals surface area contributed by atoms with E-state index in [1.54, 1.807) is 25.8 Å². The predicted octanol–water partition coefficient (Wildman–Crippen LogP) is 2.68. The molecule has 1 aliphatic heterocycles. The fourth-order valence-electron chi connectivity index (χ4n) is 2.86. The molecule has 22 heavy (non-hydrogen) atoms. The van der Waals surface area contributed by atoms with Crippen molar-refractivity contribution in [3.63, 3.8) is 0 Å². The molecule has 0 aliphatic carbocycles. The summed E-state index contributed by atoms with van der Waals surface area (Å²) < 4.78 is 11.3. The summed E-state index contributed by atoms with van der Waals surface area (Å²) in [6.07, 6.45) is 0.827. The average molecular weight is 300 g/mol. The molecule has 2 heterocycles. The van der Waals surface area contributed by atoms with Crippen LogP contribution in [0.4, 0.5) is 0 Å². The third kappa shape index (κ3) is 2.76. The standard InChI is InChI=1S/C17H20N2O3/c1-11-16(22-12(2)18-11)17(20)19(3)10-15-14-7-5-4-6-13(14)8-9-21-15/h4-7,15H,8-10H2,1-3H3/t15-/m1/s1. The van der Waals surface area contributed by atoms with Gasteiger partial charge < -0.3 is 14.1 Å². The zero-order valence-corrected chi connectivity index (χ0v) is 13.1. The van der Waals surface area contributed by atoms with E-state index in [4.69, 9.17) is 9.15 Å². The fourth-order valence-corrected chi connectivity index (χ4v) is 2.86. The second-order valence-corrected chi connectivity index (χ2v) is 5.64. The van der Waals surface area contributed by atoms with E-state index in [9.17, 15) is 4.79 Å². The third-order valence-electron chi connectivity index (χ3n) is 3.98. The van der Waals surface area contributed by atoms with Gasteiger partial charge >= 0.3 is 0 Å². The van der Waals surface area contributed by atoms with Crippen LogP contribution in [0.5, 0.6) is 0 Å². The van der Waals surface area contributed by atoms with Gasteiger partial charge in [0.05, 0.1) is 18.8 Å². The minimum atomic E-state index is -0.162. The number of ether oxygens (including phenoxy) is 1. The number of aryl methyl sites for hydroxylation is 2. The number of aromatic nitrogens is 1. The maximum absolute atomic E-state index is 12.5. The van der Waals surface area contributed by atoms with E-state index in [1.807, 2.05) is 12.1 Å². The molecular formula is C17H20N2O3. The number of nitrogens with zero attached hydrogens (tertiary/aromatic N) is 2. The molecule has 5 heteroatoms. The van der Waals surface area contributed by atoms with E-state index in [2.05, 4.69) is 17.1 Å². The molecule has 1 aromatic carbocycles. The van der Waals surface area contributed by atoms with Crippen molar-refractivity contribution in [2.75, 3.05) is 20.2 Å². The van der Waals surface area contributed by atoms with Crippen LogP contribution in [0.25, 0.3) is 0 Å². The number of hydrogen-bond acceptors (Lipinski definition) is 4. The lowest BCUT2D eigenvalue weighted by molar-refractivity contribution is 0.0191. The van der Waals surface area contributed by atoms with E-state index in [0.717, 1.165) is 6.42 Å². The van der Waals surface area contributed by atoms with Crippen LogP contribution in [0.1, 0.15) is 39.4 Å². The Bertz CT molecular complexity index is 693. The molecule has 0 bridgehead atoms. The summed E-state index contributed by atoms with van der Waals surface area (Å²) in [6.45, 7) is 4.70. The number of likely N-dealkylation sites (N-methyl/N-ethyl adjacent to an activating group) is 1. The molecule has 116 valence electrons. The fraction of sp³-hybridized carbons (Fsp3) is 0.412. The number of amides is 1. The van der Waals surface area contributed by atoms with Gasteiger partial charge in [0.15, 0.2) is 5.89 Å². The van der Waals surface area contributed by atoms with Crippen molar-refractivity contribution in [1.82, 2.24) is 9.88 Å². The van der Waals surface area contributed by atoms with Gasteiger partial charge in [-0.3, -0.25) is 4.79 Å². The predicted molar refractivity (Wildman–Crippen MR) is 81.8 cm³/mol. The van der Waals surface area contributed by atoms with Crippen LogP contribution in [-0.4, -0.2) is 36.0 Å². The zero-order chi connectivity index (χ0) is 15.7. The van der Waals surface area contributed by atoms with E-state index < -0.39 is 0 Å². The number of benzene rings is 1. The van der Waals surface area contributed by atoms with Crippen molar-refractivity contribution in [2.24, 2.45) is 0 Å². The second-order valence-electron chi connectivity index (χ2n) is 5.64. The first-order valence-corrected chi connectivity index (χ1v) is 7.45. The molecule has 0 radical (unpaired) electrons.